The minimum absolute atomic E-state index is 0.0845. The highest BCUT2D eigenvalue weighted by Gasteiger charge is 2.37. The van der Waals surface area contributed by atoms with Crippen LogP contribution in [0, 0.1) is 0 Å². The van der Waals surface area contributed by atoms with Gasteiger partial charge in [-0.15, -0.1) is 0 Å². The zero-order valence-corrected chi connectivity index (χ0v) is 16.3. The number of carbonyl (C=O) groups excluding carboxylic acids is 2. The van der Waals surface area contributed by atoms with Crippen LogP contribution in [0.3, 0.4) is 0 Å². The van der Waals surface area contributed by atoms with Gasteiger partial charge in [-0.2, -0.15) is 0 Å². The van der Waals surface area contributed by atoms with Crippen molar-refractivity contribution in [1.82, 2.24) is 9.47 Å². The highest BCUT2D eigenvalue weighted by Crippen LogP contribution is 2.34. The normalized spacial score (nSPS) is 17.2. The van der Waals surface area contributed by atoms with Crippen LogP contribution in [0.4, 0.5) is 10.5 Å². The van der Waals surface area contributed by atoms with Crippen LogP contribution >= 0.6 is 11.8 Å². The maximum absolute atomic E-state index is 12.6. The Bertz CT molecular complexity index is 852. The highest BCUT2D eigenvalue weighted by atomic mass is 32.2. The van der Waals surface area contributed by atoms with Gasteiger partial charge in [-0.3, -0.25) is 14.5 Å². The minimum atomic E-state index is -0.204. The van der Waals surface area contributed by atoms with E-state index in [1.807, 2.05) is 67.9 Å². The summed E-state index contributed by atoms with van der Waals surface area (Å²) in [5, 5.41) is -0.191. The summed E-state index contributed by atoms with van der Waals surface area (Å²) < 4.78 is 2.01. The van der Waals surface area contributed by atoms with E-state index >= 15 is 0 Å². The molecule has 1 aromatic heterocycles. The lowest BCUT2D eigenvalue weighted by Crippen LogP contribution is -2.36. The molecule has 1 fully saturated rings. The highest BCUT2D eigenvalue weighted by molar-refractivity contribution is 8.18. The summed E-state index contributed by atoms with van der Waals surface area (Å²) in [5.74, 6) is -0.204. The molecule has 2 amide bonds. The molecule has 0 aliphatic carbocycles. The Morgan fingerprint density at radius 1 is 1.15 bits per heavy atom. The first-order valence-corrected chi connectivity index (χ1v) is 9.46. The molecular formula is C20H23N3O2S. The molecule has 26 heavy (non-hydrogen) atoms. The van der Waals surface area contributed by atoms with Crippen LogP contribution in [-0.2, 0) is 4.79 Å². The summed E-state index contributed by atoms with van der Waals surface area (Å²) in [7, 11) is 4.01. The molecule has 1 saturated heterocycles. The van der Waals surface area contributed by atoms with E-state index in [1.54, 1.807) is 6.08 Å². The van der Waals surface area contributed by atoms with Crippen molar-refractivity contribution < 1.29 is 9.59 Å². The third kappa shape index (κ3) is 3.42. The molecule has 2 heterocycles. The minimum Gasteiger partial charge on any atom is -0.378 e. The topological polar surface area (TPSA) is 45.6 Å². The van der Waals surface area contributed by atoms with Gasteiger partial charge in [0.15, 0.2) is 0 Å². The van der Waals surface area contributed by atoms with E-state index in [2.05, 4.69) is 12.1 Å². The lowest BCUT2D eigenvalue weighted by molar-refractivity contribution is -0.124. The average molecular weight is 369 g/mol. The fourth-order valence-electron chi connectivity index (χ4n) is 2.83. The molecule has 0 bridgehead atoms. The molecule has 1 aromatic carbocycles. The zero-order chi connectivity index (χ0) is 18.8. The first-order chi connectivity index (χ1) is 12.4. The number of nitrogens with zero attached hydrogens (tertiary/aromatic N) is 3. The van der Waals surface area contributed by atoms with Crippen LogP contribution in [0.25, 0.3) is 11.8 Å². The number of carbonyl (C=O) groups is 2. The third-order valence-electron chi connectivity index (χ3n) is 4.56. The second-order valence-corrected chi connectivity index (χ2v) is 7.52. The van der Waals surface area contributed by atoms with Crippen LogP contribution in [0.2, 0.25) is 0 Å². The number of imide groups is 1. The Hall–Kier alpha value is -2.47. The van der Waals surface area contributed by atoms with E-state index in [0.717, 1.165) is 35.3 Å². The van der Waals surface area contributed by atoms with Gasteiger partial charge in [0.2, 0.25) is 0 Å². The number of benzene rings is 1. The van der Waals surface area contributed by atoms with Crippen molar-refractivity contribution >= 4 is 34.7 Å². The van der Waals surface area contributed by atoms with Gasteiger partial charge in [0.1, 0.15) is 0 Å². The molecule has 0 spiro atoms. The van der Waals surface area contributed by atoms with Crippen molar-refractivity contribution in [2.75, 3.05) is 19.0 Å². The molecule has 5 nitrogen and oxygen atoms in total. The standard InChI is InChI=1S/C20H23N3O2S/c1-5-14(2)23-19(24)18(26-20(23)25)13-17-7-6-12-22(17)16-10-8-15(9-11-16)21(3)4/h6-14H,5H2,1-4H3/b18-13+/t14-/m0/s1. The Labute approximate surface area is 158 Å². The van der Waals surface area contributed by atoms with Crippen LogP contribution in [0.15, 0.2) is 47.5 Å². The predicted octanol–water partition coefficient (Wildman–Crippen LogP) is 4.38. The summed E-state index contributed by atoms with van der Waals surface area (Å²) in [6, 6.07) is 12.0. The van der Waals surface area contributed by atoms with Crippen molar-refractivity contribution in [2.45, 2.75) is 26.3 Å². The van der Waals surface area contributed by atoms with Crippen LogP contribution in [0.5, 0.6) is 0 Å². The number of aromatic nitrogens is 1. The fourth-order valence-corrected chi connectivity index (χ4v) is 3.75. The quantitative estimate of drug-likeness (QED) is 0.734. The summed E-state index contributed by atoms with van der Waals surface area (Å²) in [6.07, 6.45) is 4.50. The Morgan fingerprint density at radius 2 is 1.85 bits per heavy atom. The molecule has 6 heteroatoms. The monoisotopic (exact) mass is 369 g/mol. The SMILES string of the molecule is CC[C@H](C)N1C(=O)S/C(=C/c2cccn2-c2ccc(N(C)C)cc2)C1=O. The average Bonchev–Trinajstić information content (AvgIpc) is 3.19. The molecule has 1 aliphatic rings. The Morgan fingerprint density at radius 3 is 2.46 bits per heavy atom. The Kier molecular flexibility index (Phi) is 5.23. The second-order valence-electron chi connectivity index (χ2n) is 6.52. The lowest BCUT2D eigenvalue weighted by Gasteiger charge is -2.19. The van der Waals surface area contributed by atoms with E-state index in [9.17, 15) is 9.59 Å². The maximum atomic E-state index is 12.6. The van der Waals surface area contributed by atoms with Crippen LogP contribution in [-0.4, -0.2) is 40.8 Å². The van der Waals surface area contributed by atoms with Crippen LogP contribution < -0.4 is 4.90 Å². The molecular weight excluding hydrogens is 346 g/mol. The molecule has 2 aromatic rings. The molecule has 136 valence electrons. The van der Waals surface area contributed by atoms with Crippen molar-refractivity contribution in [2.24, 2.45) is 0 Å². The van der Waals surface area contributed by atoms with E-state index in [-0.39, 0.29) is 17.2 Å². The van der Waals surface area contributed by atoms with Crippen molar-refractivity contribution in [3.05, 3.63) is 53.2 Å². The molecule has 0 unspecified atom stereocenters. The fraction of sp³-hybridized carbons (Fsp3) is 0.300. The Balaban J connectivity index is 1.91. The maximum Gasteiger partial charge on any atom is 0.293 e. The lowest BCUT2D eigenvalue weighted by atomic mass is 10.2. The van der Waals surface area contributed by atoms with E-state index in [0.29, 0.717) is 4.91 Å². The van der Waals surface area contributed by atoms with Crippen molar-refractivity contribution in [1.29, 1.82) is 0 Å². The molecule has 3 rings (SSSR count). The smallest absolute Gasteiger partial charge is 0.293 e. The third-order valence-corrected chi connectivity index (χ3v) is 5.44. The molecule has 0 N–H and O–H groups in total. The van der Waals surface area contributed by atoms with Gasteiger partial charge >= 0.3 is 0 Å². The van der Waals surface area contributed by atoms with Gasteiger partial charge < -0.3 is 9.47 Å². The van der Waals surface area contributed by atoms with E-state index in [1.165, 1.54) is 4.90 Å². The van der Waals surface area contributed by atoms with Crippen LogP contribution in [0.1, 0.15) is 26.0 Å². The number of anilines is 1. The van der Waals surface area contributed by atoms with E-state index in [4.69, 9.17) is 0 Å². The molecule has 1 atom stereocenters. The van der Waals surface area contributed by atoms with Gasteiger partial charge in [-0.1, -0.05) is 6.92 Å². The summed E-state index contributed by atoms with van der Waals surface area (Å²) in [5.41, 5.74) is 3.00. The number of amides is 2. The number of thioether (sulfide) groups is 1. The molecule has 0 saturated carbocycles. The zero-order valence-electron chi connectivity index (χ0n) is 15.5. The second kappa shape index (κ2) is 7.41. The summed E-state index contributed by atoms with van der Waals surface area (Å²) in [6.45, 7) is 3.87. The largest absolute Gasteiger partial charge is 0.378 e. The van der Waals surface area contributed by atoms with Crippen molar-refractivity contribution in [3.8, 4) is 5.69 Å². The molecule has 0 radical (unpaired) electrons. The number of hydrogen-bond donors (Lipinski definition) is 0. The van der Waals surface area contributed by atoms with E-state index < -0.39 is 0 Å². The first-order valence-electron chi connectivity index (χ1n) is 8.64. The van der Waals surface area contributed by atoms with Gasteiger partial charge in [0.05, 0.1) is 4.91 Å². The number of rotatable bonds is 5. The van der Waals surface area contributed by atoms with Gasteiger partial charge in [0, 0.05) is 43.4 Å². The first kappa shape index (κ1) is 18.3. The van der Waals surface area contributed by atoms with Crippen molar-refractivity contribution in [3.63, 3.8) is 0 Å². The summed E-state index contributed by atoms with van der Waals surface area (Å²) >= 11 is 1.01. The van der Waals surface area contributed by atoms with Gasteiger partial charge in [0.25, 0.3) is 11.1 Å². The van der Waals surface area contributed by atoms with Gasteiger partial charge in [-0.25, -0.2) is 0 Å². The van der Waals surface area contributed by atoms with Gasteiger partial charge in [-0.05, 0) is 67.6 Å². The summed E-state index contributed by atoms with van der Waals surface area (Å²) in [4.78, 5) is 28.7. The number of hydrogen-bond acceptors (Lipinski definition) is 4. The molecule has 1 aliphatic heterocycles. The predicted molar refractivity (Wildman–Crippen MR) is 108 cm³/mol.